The van der Waals surface area contributed by atoms with Gasteiger partial charge in [-0.25, -0.2) is 4.79 Å². The van der Waals surface area contributed by atoms with Crippen molar-refractivity contribution in [3.05, 3.63) is 28.8 Å². The zero-order chi connectivity index (χ0) is 13.5. The second-order valence-corrected chi connectivity index (χ2v) is 4.31. The molecular weight excluding hydrogens is 287 g/mol. The van der Waals surface area contributed by atoms with Crippen LogP contribution in [0, 0.1) is 0 Å². The van der Waals surface area contributed by atoms with Crippen molar-refractivity contribution in [1.82, 2.24) is 4.90 Å². The first kappa shape index (κ1) is 18.0. The molecule has 2 N–H and O–H groups in total. The molecule has 0 aliphatic rings. The van der Waals surface area contributed by atoms with E-state index in [4.69, 9.17) is 22.1 Å². The third kappa shape index (κ3) is 5.68. The minimum absolute atomic E-state index is 0. The van der Waals surface area contributed by atoms with Gasteiger partial charge < -0.3 is 15.4 Å². The van der Waals surface area contributed by atoms with Gasteiger partial charge in [0.25, 0.3) is 0 Å². The summed E-state index contributed by atoms with van der Waals surface area (Å²) in [4.78, 5) is 14.0. The van der Waals surface area contributed by atoms with E-state index in [-0.39, 0.29) is 12.4 Å². The predicted molar refractivity (Wildman–Crippen MR) is 81.2 cm³/mol. The highest BCUT2D eigenvalue weighted by atomic mass is 35.5. The number of nitrogens with two attached hydrogens (primary N) is 1. The van der Waals surface area contributed by atoms with Crippen molar-refractivity contribution in [3.63, 3.8) is 0 Å². The van der Waals surface area contributed by atoms with Gasteiger partial charge in [0.1, 0.15) is 6.61 Å². The van der Waals surface area contributed by atoms with E-state index in [9.17, 15) is 4.79 Å². The van der Waals surface area contributed by atoms with Crippen LogP contribution in [0.3, 0.4) is 0 Å². The van der Waals surface area contributed by atoms with Crippen molar-refractivity contribution in [2.45, 2.75) is 13.8 Å². The normalized spacial score (nSPS) is 10.1. The molecule has 0 aliphatic heterocycles. The lowest BCUT2D eigenvalue weighted by Gasteiger charge is -2.17. The van der Waals surface area contributed by atoms with Crippen LogP contribution in [0.25, 0.3) is 0 Å². The molecule has 0 aromatic heterocycles. The summed E-state index contributed by atoms with van der Waals surface area (Å²) in [5.74, 6) is -0.431. The third-order valence-corrected chi connectivity index (χ3v) is 3.08. The van der Waals surface area contributed by atoms with Crippen LogP contribution in [0.4, 0.5) is 5.69 Å². The number of likely N-dealkylation sites (N-methyl/N-ethyl adjacent to an activating group) is 1. The Bertz CT molecular complexity index is 410. The maximum Gasteiger partial charge on any atom is 0.339 e. The summed E-state index contributed by atoms with van der Waals surface area (Å²) in [7, 11) is 0. The van der Waals surface area contributed by atoms with Crippen LogP contribution >= 0.6 is 24.0 Å². The second kappa shape index (κ2) is 9.02. The predicted octanol–water partition coefficient (Wildman–Crippen LogP) is 2.84. The number of hydrogen-bond donors (Lipinski definition) is 1. The summed E-state index contributed by atoms with van der Waals surface area (Å²) in [6.45, 7) is 7.09. The van der Waals surface area contributed by atoms with Crippen molar-refractivity contribution in [2.75, 3.05) is 32.0 Å². The molecule has 19 heavy (non-hydrogen) atoms. The van der Waals surface area contributed by atoms with Crippen molar-refractivity contribution in [1.29, 1.82) is 0 Å². The van der Waals surface area contributed by atoms with Crippen molar-refractivity contribution < 1.29 is 9.53 Å². The average Bonchev–Trinajstić information content (AvgIpc) is 2.37. The van der Waals surface area contributed by atoms with Gasteiger partial charge in [0.05, 0.1) is 10.6 Å². The van der Waals surface area contributed by atoms with Crippen molar-refractivity contribution in [3.8, 4) is 0 Å². The van der Waals surface area contributed by atoms with Crippen LogP contribution in [-0.4, -0.2) is 37.1 Å². The SMILES string of the molecule is CCN(CC)CCOC(=O)c1cc(N)ccc1Cl.Cl. The molecule has 4 nitrogen and oxygen atoms in total. The Hall–Kier alpha value is -0.970. The first-order chi connectivity index (χ1) is 8.58. The molecule has 108 valence electrons. The molecule has 1 aromatic rings. The quantitative estimate of drug-likeness (QED) is 0.648. The molecule has 1 rings (SSSR count). The van der Waals surface area contributed by atoms with E-state index in [0.717, 1.165) is 19.6 Å². The Morgan fingerprint density at radius 2 is 2.00 bits per heavy atom. The van der Waals surface area contributed by atoms with Crippen LogP contribution in [0.2, 0.25) is 5.02 Å². The molecule has 0 radical (unpaired) electrons. The van der Waals surface area contributed by atoms with Crippen LogP contribution in [0.15, 0.2) is 18.2 Å². The fraction of sp³-hybridized carbons (Fsp3) is 0.462. The number of nitrogens with zero attached hydrogens (tertiary/aromatic N) is 1. The number of esters is 1. The highest BCUT2D eigenvalue weighted by Crippen LogP contribution is 2.19. The second-order valence-electron chi connectivity index (χ2n) is 3.90. The highest BCUT2D eigenvalue weighted by molar-refractivity contribution is 6.33. The first-order valence-electron chi connectivity index (χ1n) is 6.03. The smallest absolute Gasteiger partial charge is 0.339 e. The Balaban J connectivity index is 0.00000324. The van der Waals surface area contributed by atoms with Gasteiger partial charge in [-0.2, -0.15) is 0 Å². The molecule has 0 spiro atoms. The molecule has 0 saturated carbocycles. The maximum atomic E-state index is 11.8. The Morgan fingerprint density at radius 3 is 2.58 bits per heavy atom. The molecule has 1 aromatic carbocycles. The number of ether oxygens (including phenoxy) is 1. The van der Waals surface area contributed by atoms with Crippen molar-refractivity contribution >= 4 is 35.7 Å². The monoisotopic (exact) mass is 306 g/mol. The summed E-state index contributed by atoms with van der Waals surface area (Å²) in [5, 5.41) is 0.358. The Morgan fingerprint density at radius 1 is 1.37 bits per heavy atom. The summed E-state index contributed by atoms with van der Waals surface area (Å²) < 4.78 is 5.18. The lowest BCUT2D eigenvalue weighted by atomic mass is 10.2. The van der Waals surface area contributed by atoms with E-state index in [1.54, 1.807) is 12.1 Å². The number of carbonyl (C=O) groups is 1. The first-order valence-corrected chi connectivity index (χ1v) is 6.40. The Labute approximate surface area is 125 Å². The number of benzene rings is 1. The van der Waals surface area contributed by atoms with E-state index in [1.807, 2.05) is 0 Å². The van der Waals surface area contributed by atoms with Gasteiger partial charge in [-0.1, -0.05) is 25.4 Å². The Kier molecular flexibility index (Phi) is 8.56. The van der Waals surface area contributed by atoms with Gasteiger partial charge in [0, 0.05) is 12.2 Å². The van der Waals surface area contributed by atoms with Crippen molar-refractivity contribution in [2.24, 2.45) is 0 Å². The highest BCUT2D eigenvalue weighted by Gasteiger charge is 2.12. The lowest BCUT2D eigenvalue weighted by Crippen LogP contribution is -2.27. The third-order valence-electron chi connectivity index (χ3n) is 2.75. The molecule has 0 unspecified atom stereocenters. The number of carbonyl (C=O) groups excluding carboxylic acids is 1. The van der Waals surface area contributed by atoms with Gasteiger partial charge in [-0.05, 0) is 31.3 Å². The fourth-order valence-corrected chi connectivity index (χ4v) is 1.78. The van der Waals surface area contributed by atoms with Gasteiger partial charge in [0.2, 0.25) is 0 Å². The number of nitrogen functional groups attached to an aromatic ring is 1. The molecule has 6 heteroatoms. The molecule has 0 aliphatic carbocycles. The van der Waals surface area contributed by atoms with E-state index < -0.39 is 5.97 Å². The molecule has 0 bridgehead atoms. The van der Waals surface area contributed by atoms with E-state index in [1.165, 1.54) is 6.07 Å². The number of anilines is 1. The molecule has 0 saturated heterocycles. The van der Waals surface area contributed by atoms with E-state index in [2.05, 4.69) is 18.7 Å². The zero-order valence-electron chi connectivity index (χ0n) is 11.2. The maximum absolute atomic E-state index is 11.8. The summed E-state index contributed by atoms with van der Waals surface area (Å²) >= 11 is 5.92. The molecule has 0 heterocycles. The van der Waals surface area contributed by atoms with Crippen LogP contribution in [0.5, 0.6) is 0 Å². The van der Waals surface area contributed by atoms with Gasteiger partial charge in [0.15, 0.2) is 0 Å². The number of rotatable bonds is 6. The van der Waals surface area contributed by atoms with Crippen LogP contribution in [0.1, 0.15) is 24.2 Å². The average molecular weight is 307 g/mol. The molecule has 0 fully saturated rings. The minimum atomic E-state index is -0.431. The zero-order valence-corrected chi connectivity index (χ0v) is 12.8. The topological polar surface area (TPSA) is 55.6 Å². The largest absolute Gasteiger partial charge is 0.461 e. The molecule has 0 atom stereocenters. The fourth-order valence-electron chi connectivity index (χ4n) is 1.58. The summed E-state index contributed by atoms with van der Waals surface area (Å²) in [6.07, 6.45) is 0. The number of halogens is 2. The van der Waals surface area contributed by atoms with Gasteiger partial charge in [-0.15, -0.1) is 12.4 Å². The standard InChI is InChI=1S/C13H19ClN2O2.ClH/c1-3-16(4-2)7-8-18-13(17)11-9-10(15)5-6-12(11)14;/h5-6,9H,3-4,7-8,15H2,1-2H3;1H. The van der Waals surface area contributed by atoms with Crippen LogP contribution < -0.4 is 5.73 Å². The van der Waals surface area contributed by atoms with Crippen LogP contribution in [-0.2, 0) is 4.74 Å². The van der Waals surface area contributed by atoms with Gasteiger partial charge >= 0.3 is 5.97 Å². The van der Waals surface area contributed by atoms with E-state index >= 15 is 0 Å². The number of hydrogen-bond acceptors (Lipinski definition) is 4. The van der Waals surface area contributed by atoms with E-state index in [0.29, 0.717) is 22.9 Å². The molecule has 0 amide bonds. The minimum Gasteiger partial charge on any atom is -0.461 e. The summed E-state index contributed by atoms with van der Waals surface area (Å²) in [5.41, 5.74) is 6.42. The lowest BCUT2D eigenvalue weighted by molar-refractivity contribution is 0.0466. The van der Waals surface area contributed by atoms with Gasteiger partial charge in [-0.3, -0.25) is 0 Å². The summed E-state index contributed by atoms with van der Waals surface area (Å²) in [6, 6.07) is 4.77. The molecular formula is C13H20Cl2N2O2.